The number of likely N-dealkylation sites (N-methyl/N-ethyl adjacent to an activating group) is 2. The monoisotopic (exact) mass is 456 g/mol. The summed E-state index contributed by atoms with van der Waals surface area (Å²) in [7, 11) is 0. The molecule has 0 spiro atoms. The van der Waals surface area contributed by atoms with Crippen molar-refractivity contribution in [1.29, 1.82) is 0 Å². The Bertz CT molecular complexity index is 564. The van der Waals surface area contributed by atoms with Crippen LogP contribution in [0.2, 0.25) is 0 Å². The minimum absolute atomic E-state index is 0.0187. The van der Waals surface area contributed by atoms with Crippen LogP contribution in [0.5, 0.6) is 0 Å². The van der Waals surface area contributed by atoms with E-state index in [-0.39, 0.29) is 29.1 Å². The number of carbonyl (C=O) groups excluding carboxylic acids is 2. The number of ether oxygens (including phenoxy) is 2. The number of nitrogens with one attached hydrogen (secondary N) is 2. The van der Waals surface area contributed by atoms with Crippen molar-refractivity contribution in [2.24, 2.45) is 10.8 Å². The molecule has 2 N–H and O–H groups in total. The Labute approximate surface area is 195 Å². The highest BCUT2D eigenvalue weighted by Crippen LogP contribution is 2.45. The summed E-state index contributed by atoms with van der Waals surface area (Å²) in [4.78, 5) is 29.0. The normalized spacial score (nSPS) is 22.6. The highest BCUT2D eigenvalue weighted by molar-refractivity contribution is 5.68. The van der Waals surface area contributed by atoms with Gasteiger partial charge in [0.15, 0.2) is 0 Å². The van der Waals surface area contributed by atoms with Crippen LogP contribution in [0.4, 0.5) is 9.59 Å². The molecule has 0 aromatic carbocycles. The Morgan fingerprint density at radius 3 is 1.84 bits per heavy atom. The Morgan fingerprint density at radius 2 is 1.34 bits per heavy atom. The van der Waals surface area contributed by atoms with E-state index in [0.717, 1.165) is 58.5 Å². The molecule has 1 saturated carbocycles. The molecule has 188 valence electrons. The molecule has 8 heteroatoms. The van der Waals surface area contributed by atoms with Crippen molar-refractivity contribution in [3.63, 3.8) is 0 Å². The van der Waals surface area contributed by atoms with Gasteiger partial charge in [-0.2, -0.15) is 0 Å². The summed E-state index contributed by atoms with van der Waals surface area (Å²) >= 11 is 0. The van der Waals surface area contributed by atoms with E-state index in [1.54, 1.807) is 0 Å². The lowest BCUT2D eigenvalue weighted by Crippen LogP contribution is -2.50. The number of nitrogens with zero attached hydrogens (tertiary/aromatic N) is 2. The van der Waals surface area contributed by atoms with Gasteiger partial charge < -0.3 is 29.9 Å². The van der Waals surface area contributed by atoms with Crippen LogP contribution in [0.15, 0.2) is 0 Å². The first-order chi connectivity index (χ1) is 15.1. The van der Waals surface area contributed by atoms with Crippen LogP contribution in [0.3, 0.4) is 0 Å². The topological polar surface area (TPSA) is 83.1 Å². The fourth-order valence-corrected chi connectivity index (χ4v) is 5.03. The Kier molecular flexibility index (Phi) is 12.4. The molecule has 1 aliphatic rings. The first kappa shape index (κ1) is 28.5. The number of carbonyl (C=O) groups is 2. The number of hydrogen-bond acceptors (Lipinski definition) is 6. The molecule has 0 heterocycles. The summed E-state index contributed by atoms with van der Waals surface area (Å²) in [5, 5.41) is 6.00. The van der Waals surface area contributed by atoms with Gasteiger partial charge in [-0.3, -0.25) is 0 Å². The van der Waals surface area contributed by atoms with Gasteiger partial charge in [0.25, 0.3) is 0 Å². The SMILES string of the molecule is CCN(CC)CCOC(=O)NCC1(C)CC(NC(=O)OCCN(CC)CC)CC(C)(C)C1. The second-order valence-electron chi connectivity index (χ2n) is 10.1. The fourth-order valence-electron chi connectivity index (χ4n) is 5.03. The molecule has 8 nitrogen and oxygen atoms in total. The maximum absolute atomic E-state index is 12.3. The molecule has 1 rings (SSSR count). The summed E-state index contributed by atoms with van der Waals surface area (Å²) < 4.78 is 10.8. The number of amides is 2. The molecule has 0 bridgehead atoms. The van der Waals surface area contributed by atoms with Crippen molar-refractivity contribution in [3.8, 4) is 0 Å². The van der Waals surface area contributed by atoms with Crippen molar-refractivity contribution in [3.05, 3.63) is 0 Å². The van der Waals surface area contributed by atoms with Crippen LogP contribution in [0.25, 0.3) is 0 Å². The molecule has 0 aromatic heterocycles. The standard InChI is InChI=1S/C24H48N4O4/c1-8-27(9-2)12-14-31-21(29)25-19-24(7)17-20(16-23(5,6)18-24)26-22(30)32-15-13-28(10-3)11-4/h20H,8-19H2,1-7H3,(H,25,29)(H,26,30). The highest BCUT2D eigenvalue weighted by Gasteiger charge is 2.42. The number of hydrogen-bond donors (Lipinski definition) is 2. The van der Waals surface area contributed by atoms with Gasteiger partial charge in [0.05, 0.1) is 0 Å². The molecule has 2 amide bonds. The number of alkyl carbamates (subject to hydrolysis) is 2. The van der Waals surface area contributed by atoms with Gasteiger partial charge in [-0.15, -0.1) is 0 Å². The predicted octanol–water partition coefficient (Wildman–Crippen LogP) is 3.71. The molecule has 32 heavy (non-hydrogen) atoms. The number of rotatable bonds is 13. The Hall–Kier alpha value is -1.54. The summed E-state index contributed by atoms with van der Waals surface area (Å²) in [5.74, 6) is 0. The largest absolute Gasteiger partial charge is 0.448 e. The zero-order chi connectivity index (χ0) is 24.2. The van der Waals surface area contributed by atoms with E-state index in [9.17, 15) is 9.59 Å². The lowest BCUT2D eigenvalue weighted by atomic mass is 9.62. The van der Waals surface area contributed by atoms with E-state index in [1.165, 1.54) is 0 Å². The first-order valence-electron chi connectivity index (χ1n) is 12.3. The second kappa shape index (κ2) is 13.9. The van der Waals surface area contributed by atoms with Crippen molar-refractivity contribution in [2.45, 2.75) is 73.8 Å². The lowest BCUT2D eigenvalue weighted by Gasteiger charge is -2.46. The third kappa shape index (κ3) is 10.9. The molecule has 1 fully saturated rings. The average Bonchev–Trinajstić information content (AvgIpc) is 2.71. The lowest BCUT2D eigenvalue weighted by molar-refractivity contribution is 0.0605. The van der Waals surface area contributed by atoms with Crippen molar-refractivity contribution >= 4 is 12.2 Å². The third-order valence-electron chi connectivity index (χ3n) is 6.50. The van der Waals surface area contributed by atoms with E-state index in [4.69, 9.17) is 9.47 Å². The average molecular weight is 457 g/mol. The van der Waals surface area contributed by atoms with E-state index < -0.39 is 0 Å². The second-order valence-corrected chi connectivity index (χ2v) is 10.1. The quantitative estimate of drug-likeness (QED) is 0.440. The molecule has 0 aliphatic heterocycles. The summed E-state index contributed by atoms with van der Waals surface area (Å²) in [5.41, 5.74) is -0.0701. The first-order valence-corrected chi connectivity index (χ1v) is 12.3. The van der Waals surface area contributed by atoms with Gasteiger partial charge >= 0.3 is 12.2 Å². The van der Waals surface area contributed by atoms with E-state index in [0.29, 0.717) is 19.8 Å². The van der Waals surface area contributed by atoms with Gasteiger partial charge in [0.1, 0.15) is 13.2 Å². The highest BCUT2D eigenvalue weighted by atomic mass is 16.6. The van der Waals surface area contributed by atoms with Crippen LogP contribution >= 0.6 is 0 Å². The van der Waals surface area contributed by atoms with Crippen LogP contribution in [0, 0.1) is 10.8 Å². The van der Waals surface area contributed by atoms with Crippen LogP contribution in [-0.4, -0.2) is 87.1 Å². The summed E-state index contributed by atoms with van der Waals surface area (Å²) in [6, 6.07) is 0.0187. The Morgan fingerprint density at radius 1 is 0.844 bits per heavy atom. The zero-order valence-electron chi connectivity index (χ0n) is 21.6. The fraction of sp³-hybridized carbons (Fsp3) is 0.917. The van der Waals surface area contributed by atoms with Gasteiger partial charge in [-0.25, -0.2) is 9.59 Å². The van der Waals surface area contributed by atoms with Crippen LogP contribution in [0.1, 0.15) is 67.7 Å². The Balaban J connectivity index is 2.49. The van der Waals surface area contributed by atoms with Gasteiger partial charge in [-0.05, 0) is 56.3 Å². The molecule has 2 unspecified atom stereocenters. The minimum atomic E-state index is -0.373. The molecule has 0 radical (unpaired) electrons. The van der Waals surface area contributed by atoms with Crippen LogP contribution in [-0.2, 0) is 9.47 Å². The van der Waals surface area contributed by atoms with Gasteiger partial charge in [0.2, 0.25) is 0 Å². The van der Waals surface area contributed by atoms with E-state index >= 15 is 0 Å². The third-order valence-corrected chi connectivity index (χ3v) is 6.50. The summed E-state index contributed by atoms with van der Waals surface area (Å²) in [6.07, 6.45) is 1.92. The molecule has 0 saturated heterocycles. The molecule has 1 aliphatic carbocycles. The minimum Gasteiger partial charge on any atom is -0.448 e. The van der Waals surface area contributed by atoms with Crippen molar-refractivity contribution in [1.82, 2.24) is 20.4 Å². The maximum Gasteiger partial charge on any atom is 0.407 e. The molecular formula is C24H48N4O4. The predicted molar refractivity (Wildman–Crippen MR) is 129 cm³/mol. The van der Waals surface area contributed by atoms with Crippen molar-refractivity contribution < 1.29 is 19.1 Å². The van der Waals surface area contributed by atoms with Gasteiger partial charge in [-0.1, -0.05) is 48.5 Å². The van der Waals surface area contributed by atoms with Crippen LogP contribution < -0.4 is 10.6 Å². The smallest absolute Gasteiger partial charge is 0.407 e. The van der Waals surface area contributed by atoms with E-state index in [2.05, 4.69) is 68.9 Å². The molecule has 2 atom stereocenters. The van der Waals surface area contributed by atoms with Crippen molar-refractivity contribution in [2.75, 3.05) is 59.0 Å². The maximum atomic E-state index is 12.3. The summed E-state index contributed by atoms with van der Waals surface area (Å²) in [6.45, 7) is 21.6. The molecule has 0 aromatic rings. The zero-order valence-corrected chi connectivity index (χ0v) is 21.6. The van der Waals surface area contributed by atoms with E-state index in [1.807, 2.05) is 0 Å². The van der Waals surface area contributed by atoms with Gasteiger partial charge in [0, 0.05) is 25.7 Å². The molecular weight excluding hydrogens is 408 g/mol.